The Morgan fingerprint density at radius 1 is 1.33 bits per heavy atom. The normalized spacial score (nSPS) is 12.7. The molecule has 0 fully saturated rings. The Balaban J connectivity index is 3.28. The highest BCUT2D eigenvalue weighted by atomic mass is 32.2. The topological polar surface area (TPSA) is 12.0 Å². The van der Waals surface area contributed by atoms with Gasteiger partial charge in [0.15, 0.2) is 0 Å². The van der Waals surface area contributed by atoms with Gasteiger partial charge in [0.2, 0.25) is 0 Å². The fourth-order valence-electron chi connectivity index (χ4n) is 0.185. The zero-order chi connectivity index (χ0) is 7.49. The van der Waals surface area contributed by atoms with Crippen molar-refractivity contribution >= 4 is 11.9 Å². The molecule has 0 aliphatic rings. The van der Waals surface area contributed by atoms with Crippen molar-refractivity contribution in [2.24, 2.45) is 0 Å². The van der Waals surface area contributed by atoms with Gasteiger partial charge in [0.1, 0.15) is 0 Å². The van der Waals surface area contributed by atoms with Gasteiger partial charge in [-0.3, -0.25) is 4.72 Å². The molecule has 0 saturated carbocycles. The lowest BCUT2D eigenvalue weighted by Crippen LogP contribution is -2.19. The van der Waals surface area contributed by atoms with E-state index in [1.165, 1.54) is 0 Å². The van der Waals surface area contributed by atoms with E-state index >= 15 is 0 Å². The molecule has 0 aromatic heterocycles. The first-order valence-corrected chi connectivity index (χ1v) is 3.24. The molecule has 0 aliphatic heterocycles. The maximum atomic E-state index is 11.3. The summed E-state index contributed by atoms with van der Waals surface area (Å²) in [5, 5.41) is 0. The van der Waals surface area contributed by atoms with Gasteiger partial charge in [0.05, 0.1) is 0 Å². The van der Waals surface area contributed by atoms with E-state index in [-0.39, 0.29) is 18.0 Å². The van der Waals surface area contributed by atoms with Crippen LogP contribution in [-0.2, 0) is 0 Å². The van der Waals surface area contributed by atoms with E-state index < -0.39 is 5.51 Å². The zero-order valence-electron chi connectivity index (χ0n) is 5.12. The molecule has 0 bridgehead atoms. The summed E-state index contributed by atoms with van der Waals surface area (Å²) in [6, 6.07) is -0.142. The van der Waals surface area contributed by atoms with Crippen LogP contribution >= 0.6 is 11.9 Å². The fraction of sp³-hybridized carbons (Fsp3) is 1.00. The van der Waals surface area contributed by atoms with Gasteiger partial charge in [-0.25, -0.2) is 0 Å². The number of halogens is 3. The second-order valence-electron chi connectivity index (χ2n) is 1.82. The molecule has 0 atom stereocenters. The maximum absolute atomic E-state index is 11.3. The predicted molar refractivity (Wildman–Crippen MR) is 31.9 cm³/mol. The van der Waals surface area contributed by atoms with Gasteiger partial charge in [0.25, 0.3) is 0 Å². The third-order valence-electron chi connectivity index (χ3n) is 0.410. The molecule has 0 spiro atoms. The summed E-state index contributed by atoms with van der Waals surface area (Å²) in [5.74, 6) is 0. The first-order valence-electron chi connectivity index (χ1n) is 2.42. The Morgan fingerprint density at radius 2 is 1.78 bits per heavy atom. The number of alkyl halides is 3. The third kappa shape index (κ3) is 8.10. The zero-order valence-corrected chi connectivity index (χ0v) is 5.94. The first-order chi connectivity index (χ1) is 3.92. The molecule has 0 aromatic carbocycles. The van der Waals surface area contributed by atoms with Crippen LogP contribution in [0.15, 0.2) is 0 Å². The van der Waals surface area contributed by atoms with Crippen molar-refractivity contribution in [3.63, 3.8) is 0 Å². The van der Waals surface area contributed by atoms with E-state index in [4.69, 9.17) is 0 Å². The predicted octanol–water partition coefficient (Wildman–Crippen LogP) is 2.15. The van der Waals surface area contributed by atoms with Crippen molar-refractivity contribution in [1.82, 2.24) is 4.72 Å². The van der Waals surface area contributed by atoms with Crippen molar-refractivity contribution in [2.75, 3.05) is 0 Å². The summed E-state index contributed by atoms with van der Waals surface area (Å²) in [7, 11) is 0. The Kier molecular flexibility index (Phi) is 3.35. The van der Waals surface area contributed by atoms with E-state index in [0.29, 0.717) is 0 Å². The van der Waals surface area contributed by atoms with Crippen LogP contribution in [0.4, 0.5) is 13.2 Å². The Morgan fingerprint density at radius 3 is 1.89 bits per heavy atom. The van der Waals surface area contributed by atoms with E-state index in [9.17, 15) is 13.2 Å². The Labute approximate surface area is 56.1 Å². The average Bonchev–Trinajstić information content (AvgIpc) is 1.59. The monoisotopic (exact) mass is 159 g/mol. The number of nitrogens with one attached hydrogen (secondary N) is 1. The van der Waals surface area contributed by atoms with Gasteiger partial charge in [-0.15, -0.1) is 0 Å². The van der Waals surface area contributed by atoms with E-state index in [1.807, 2.05) is 0 Å². The minimum Gasteiger partial charge on any atom is -0.254 e. The molecule has 0 amide bonds. The largest absolute Gasteiger partial charge is 0.456 e. The van der Waals surface area contributed by atoms with Gasteiger partial charge in [0, 0.05) is 18.0 Å². The molecular formula is C4H8F3NS. The Bertz CT molecular complexity index is 80.4. The minimum atomic E-state index is -4.16. The molecule has 0 aliphatic carbocycles. The molecule has 0 rings (SSSR count). The van der Waals surface area contributed by atoms with Gasteiger partial charge < -0.3 is 0 Å². The van der Waals surface area contributed by atoms with Gasteiger partial charge >= 0.3 is 5.51 Å². The fourth-order valence-corrected chi connectivity index (χ4v) is 0.554. The maximum Gasteiger partial charge on any atom is 0.456 e. The molecule has 56 valence electrons. The van der Waals surface area contributed by atoms with Crippen LogP contribution in [0.1, 0.15) is 13.8 Å². The minimum absolute atomic E-state index is 0.142. The van der Waals surface area contributed by atoms with Gasteiger partial charge in [-0.2, -0.15) is 13.2 Å². The van der Waals surface area contributed by atoms with Crippen LogP contribution in [0.2, 0.25) is 0 Å². The molecule has 0 saturated heterocycles. The molecule has 9 heavy (non-hydrogen) atoms. The van der Waals surface area contributed by atoms with Crippen molar-refractivity contribution in [2.45, 2.75) is 25.4 Å². The molecule has 1 N–H and O–H groups in total. The lowest BCUT2D eigenvalue weighted by Gasteiger charge is -2.08. The average molecular weight is 159 g/mol. The molecule has 0 aromatic rings. The summed E-state index contributed by atoms with van der Waals surface area (Å²) in [6.45, 7) is 3.30. The Hall–Kier alpha value is 0.100. The highest BCUT2D eigenvalue weighted by Gasteiger charge is 2.28. The molecular weight excluding hydrogens is 151 g/mol. The highest BCUT2D eigenvalue weighted by molar-refractivity contribution is 7.98. The summed E-state index contributed by atoms with van der Waals surface area (Å²) in [5.41, 5.74) is -4.16. The smallest absolute Gasteiger partial charge is 0.254 e. The van der Waals surface area contributed by atoms with Crippen molar-refractivity contribution < 1.29 is 13.2 Å². The lowest BCUT2D eigenvalue weighted by atomic mass is 10.4. The molecule has 0 unspecified atom stereocenters. The van der Waals surface area contributed by atoms with Crippen LogP contribution in [0.3, 0.4) is 0 Å². The second-order valence-corrected chi connectivity index (χ2v) is 2.72. The summed E-state index contributed by atoms with van der Waals surface area (Å²) >= 11 is -0.208. The number of hydrogen-bond donors (Lipinski definition) is 1. The summed E-state index contributed by atoms with van der Waals surface area (Å²) in [6.07, 6.45) is 0. The van der Waals surface area contributed by atoms with E-state index in [1.54, 1.807) is 13.8 Å². The molecule has 0 heterocycles. The van der Waals surface area contributed by atoms with E-state index in [2.05, 4.69) is 4.72 Å². The second kappa shape index (κ2) is 3.31. The highest BCUT2D eigenvalue weighted by Crippen LogP contribution is 2.27. The van der Waals surface area contributed by atoms with Crippen LogP contribution < -0.4 is 4.72 Å². The third-order valence-corrected chi connectivity index (χ3v) is 1.23. The molecule has 1 nitrogen and oxygen atoms in total. The van der Waals surface area contributed by atoms with Crippen molar-refractivity contribution in [3.8, 4) is 0 Å². The lowest BCUT2D eigenvalue weighted by molar-refractivity contribution is -0.0337. The number of rotatable bonds is 2. The standard InChI is InChI=1S/C4H8F3NS/c1-3(2)8-9-4(5,6)7/h3,8H,1-2H3. The quantitative estimate of drug-likeness (QED) is 0.619. The van der Waals surface area contributed by atoms with Crippen LogP contribution in [0.25, 0.3) is 0 Å². The van der Waals surface area contributed by atoms with Crippen molar-refractivity contribution in [1.29, 1.82) is 0 Å². The SMILES string of the molecule is CC(C)NSC(F)(F)F. The van der Waals surface area contributed by atoms with Crippen LogP contribution in [-0.4, -0.2) is 11.6 Å². The van der Waals surface area contributed by atoms with Crippen LogP contribution in [0.5, 0.6) is 0 Å². The van der Waals surface area contributed by atoms with Gasteiger partial charge in [-0.05, 0) is 13.8 Å². The first kappa shape index (κ1) is 9.10. The molecule has 5 heteroatoms. The number of hydrogen-bond acceptors (Lipinski definition) is 2. The van der Waals surface area contributed by atoms with Crippen LogP contribution in [0, 0.1) is 0 Å². The summed E-state index contributed by atoms with van der Waals surface area (Å²) in [4.78, 5) is 0. The molecule has 0 radical (unpaired) electrons. The van der Waals surface area contributed by atoms with Gasteiger partial charge in [-0.1, -0.05) is 0 Å². The van der Waals surface area contributed by atoms with E-state index in [0.717, 1.165) is 0 Å². The summed E-state index contributed by atoms with van der Waals surface area (Å²) < 4.78 is 36.1. The van der Waals surface area contributed by atoms with Crippen molar-refractivity contribution in [3.05, 3.63) is 0 Å².